The average molecular weight is 395 g/mol. The van der Waals surface area contributed by atoms with E-state index < -0.39 is 17.6 Å². The van der Waals surface area contributed by atoms with Crippen molar-refractivity contribution in [3.63, 3.8) is 0 Å². The molecule has 0 bridgehead atoms. The molecule has 1 aliphatic rings. The van der Waals surface area contributed by atoms with Crippen LogP contribution in [0.25, 0.3) is 0 Å². The first-order valence-corrected chi connectivity index (χ1v) is 9.46. The lowest BCUT2D eigenvalue weighted by molar-refractivity contribution is -0.140. The van der Waals surface area contributed by atoms with Crippen molar-refractivity contribution in [1.29, 1.82) is 0 Å². The Morgan fingerprint density at radius 1 is 1.14 bits per heavy atom. The summed E-state index contributed by atoms with van der Waals surface area (Å²) < 4.78 is 51.3. The van der Waals surface area contributed by atoms with Gasteiger partial charge in [0.1, 0.15) is 17.4 Å². The largest absolute Gasteiger partial charge is 0.491 e. The SMILES string of the molecule is CC(C)Oc1cccc(Nc2ncc(C(F)(F)F)c(OC3CCCCC3)n2)c1. The molecule has 0 amide bonds. The second-order valence-electron chi connectivity index (χ2n) is 7.11. The standard InChI is InChI=1S/C20H24F3N3O2/c1-13(2)27-16-10-6-7-14(11-16)25-19-24-12-17(20(21,22)23)18(26-19)28-15-8-4-3-5-9-15/h6-7,10-13,15H,3-5,8-9H2,1-2H3,(H,24,25,26). The highest BCUT2D eigenvalue weighted by Gasteiger charge is 2.37. The Balaban J connectivity index is 1.82. The Labute approximate surface area is 162 Å². The number of halogens is 3. The second-order valence-corrected chi connectivity index (χ2v) is 7.11. The maximum Gasteiger partial charge on any atom is 0.423 e. The van der Waals surface area contributed by atoms with E-state index in [1.54, 1.807) is 24.3 Å². The Morgan fingerprint density at radius 3 is 2.57 bits per heavy atom. The summed E-state index contributed by atoms with van der Waals surface area (Å²) in [5.41, 5.74) is -0.345. The van der Waals surface area contributed by atoms with Crippen molar-refractivity contribution in [1.82, 2.24) is 9.97 Å². The summed E-state index contributed by atoms with van der Waals surface area (Å²) in [5.74, 6) is 0.262. The first-order chi connectivity index (χ1) is 13.3. The molecule has 3 rings (SSSR count). The van der Waals surface area contributed by atoms with E-state index in [0.717, 1.165) is 38.3 Å². The van der Waals surface area contributed by atoms with Crippen LogP contribution < -0.4 is 14.8 Å². The predicted molar refractivity (Wildman–Crippen MR) is 100 cm³/mol. The number of aromatic nitrogens is 2. The van der Waals surface area contributed by atoms with Crippen molar-refractivity contribution in [2.75, 3.05) is 5.32 Å². The highest BCUT2D eigenvalue weighted by atomic mass is 19.4. The molecule has 0 radical (unpaired) electrons. The number of ether oxygens (including phenoxy) is 2. The van der Waals surface area contributed by atoms with E-state index >= 15 is 0 Å². The topological polar surface area (TPSA) is 56.3 Å². The van der Waals surface area contributed by atoms with Crippen LogP contribution in [0.2, 0.25) is 0 Å². The van der Waals surface area contributed by atoms with Gasteiger partial charge in [0.05, 0.1) is 6.10 Å². The van der Waals surface area contributed by atoms with Crippen LogP contribution in [0.1, 0.15) is 51.5 Å². The summed E-state index contributed by atoms with van der Waals surface area (Å²) in [7, 11) is 0. The molecule has 8 heteroatoms. The summed E-state index contributed by atoms with van der Waals surface area (Å²) in [6.07, 6.45) is 0.397. The van der Waals surface area contributed by atoms with Crippen molar-refractivity contribution in [2.45, 2.75) is 64.3 Å². The summed E-state index contributed by atoms with van der Waals surface area (Å²) in [4.78, 5) is 7.84. The van der Waals surface area contributed by atoms with E-state index in [1.165, 1.54) is 0 Å². The molecule has 152 valence electrons. The molecular formula is C20H24F3N3O2. The average Bonchev–Trinajstić information content (AvgIpc) is 2.61. The minimum absolute atomic E-state index is 0.00747. The van der Waals surface area contributed by atoms with Crippen molar-refractivity contribution >= 4 is 11.6 Å². The lowest BCUT2D eigenvalue weighted by atomic mass is 9.98. The first kappa shape index (κ1) is 20.2. The highest BCUT2D eigenvalue weighted by molar-refractivity contribution is 5.56. The van der Waals surface area contributed by atoms with Gasteiger partial charge in [-0.15, -0.1) is 0 Å². The van der Waals surface area contributed by atoms with E-state index in [-0.39, 0.29) is 18.2 Å². The maximum absolute atomic E-state index is 13.3. The highest BCUT2D eigenvalue weighted by Crippen LogP contribution is 2.37. The molecule has 1 fully saturated rings. The number of alkyl halides is 3. The summed E-state index contributed by atoms with van der Waals surface area (Å²) >= 11 is 0. The molecule has 1 aromatic carbocycles. The van der Waals surface area contributed by atoms with Crippen LogP contribution in [0, 0.1) is 0 Å². The van der Waals surface area contributed by atoms with E-state index in [9.17, 15) is 13.2 Å². The fourth-order valence-electron chi connectivity index (χ4n) is 3.10. The number of hydrogen-bond donors (Lipinski definition) is 1. The van der Waals surface area contributed by atoms with Crippen LogP contribution in [0.5, 0.6) is 11.6 Å². The van der Waals surface area contributed by atoms with Crippen LogP contribution in [0.3, 0.4) is 0 Å². The number of benzene rings is 1. The molecule has 28 heavy (non-hydrogen) atoms. The molecule has 0 aliphatic heterocycles. The van der Waals surface area contributed by atoms with Crippen molar-refractivity contribution in [3.8, 4) is 11.6 Å². The molecule has 1 aliphatic carbocycles. The van der Waals surface area contributed by atoms with Gasteiger partial charge >= 0.3 is 6.18 Å². The number of rotatable bonds is 6. The zero-order chi connectivity index (χ0) is 20.1. The monoisotopic (exact) mass is 395 g/mol. The van der Waals surface area contributed by atoms with E-state index in [2.05, 4.69) is 15.3 Å². The number of anilines is 2. The molecule has 1 aromatic heterocycles. The molecular weight excluding hydrogens is 371 g/mol. The third-order valence-corrected chi connectivity index (χ3v) is 4.35. The number of hydrogen-bond acceptors (Lipinski definition) is 5. The molecule has 0 saturated heterocycles. The lowest BCUT2D eigenvalue weighted by Crippen LogP contribution is -2.22. The third kappa shape index (κ3) is 5.50. The fourth-order valence-corrected chi connectivity index (χ4v) is 3.10. The van der Waals surface area contributed by atoms with Crippen molar-refractivity contribution < 1.29 is 22.6 Å². The van der Waals surface area contributed by atoms with Gasteiger partial charge in [-0.1, -0.05) is 12.5 Å². The fraction of sp³-hybridized carbons (Fsp3) is 0.500. The van der Waals surface area contributed by atoms with Crippen LogP contribution in [0.4, 0.5) is 24.8 Å². The molecule has 1 heterocycles. The van der Waals surface area contributed by atoms with Gasteiger partial charge in [-0.25, -0.2) is 4.98 Å². The Bertz CT molecular complexity index is 791. The van der Waals surface area contributed by atoms with Crippen LogP contribution in [-0.2, 0) is 6.18 Å². The van der Waals surface area contributed by atoms with Gasteiger partial charge in [0.25, 0.3) is 0 Å². The molecule has 0 spiro atoms. The predicted octanol–water partition coefficient (Wildman–Crippen LogP) is 5.74. The zero-order valence-corrected chi connectivity index (χ0v) is 15.9. The van der Waals surface area contributed by atoms with Crippen molar-refractivity contribution in [2.24, 2.45) is 0 Å². The summed E-state index contributed by atoms with van der Waals surface area (Å²) in [6.45, 7) is 3.82. The van der Waals surface area contributed by atoms with E-state index in [1.807, 2.05) is 13.8 Å². The minimum Gasteiger partial charge on any atom is -0.491 e. The Morgan fingerprint density at radius 2 is 1.89 bits per heavy atom. The van der Waals surface area contributed by atoms with Gasteiger partial charge in [-0.3, -0.25) is 0 Å². The van der Waals surface area contributed by atoms with E-state index in [4.69, 9.17) is 9.47 Å². The maximum atomic E-state index is 13.3. The Hall–Kier alpha value is -2.51. The molecule has 5 nitrogen and oxygen atoms in total. The van der Waals surface area contributed by atoms with Gasteiger partial charge in [0.2, 0.25) is 11.8 Å². The van der Waals surface area contributed by atoms with Crippen LogP contribution in [0.15, 0.2) is 30.5 Å². The zero-order valence-electron chi connectivity index (χ0n) is 15.9. The van der Waals surface area contributed by atoms with Gasteiger partial charge in [-0.05, 0) is 51.7 Å². The number of nitrogens with zero attached hydrogens (tertiary/aromatic N) is 2. The van der Waals surface area contributed by atoms with Crippen LogP contribution >= 0.6 is 0 Å². The van der Waals surface area contributed by atoms with Crippen LogP contribution in [-0.4, -0.2) is 22.2 Å². The molecule has 1 N–H and O–H groups in total. The molecule has 0 atom stereocenters. The smallest absolute Gasteiger partial charge is 0.423 e. The summed E-state index contributed by atoms with van der Waals surface area (Å²) in [5, 5.41) is 2.92. The second kappa shape index (κ2) is 8.67. The summed E-state index contributed by atoms with van der Waals surface area (Å²) in [6, 6.07) is 7.08. The Kier molecular flexibility index (Phi) is 6.26. The van der Waals surface area contributed by atoms with E-state index in [0.29, 0.717) is 11.4 Å². The van der Waals surface area contributed by atoms with Gasteiger partial charge in [0, 0.05) is 18.0 Å². The van der Waals surface area contributed by atoms with Gasteiger partial charge in [0.15, 0.2) is 0 Å². The van der Waals surface area contributed by atoms with Gasteiger partial charge in [-0.2, -0.15) is 18.2 Å². The minimum atomic E-state index is -4.58. The quantitative estimate of drug-likeness (QED) is 0.676. The number of nitrogens with one attached hydrogen (secondary N) is 1. The van der Waals surface area contributed by atoms with Crippen molar-refractivity contribution in [3.05, 3.63) is 36.0 Å². The van der Waals surface area contributed by atoms with Gasteiger partial charge < -0.3 is 14.8 Å². The third-order valence-electron chi connectivity index (χ3n) is 4.35. The lowest BCUT2D eigenvalue weighted by Gasteiger charge is -2.24. The first-order valence-electron chi connectivity index (χ1n) is 9.46. The molecule has 1 saturated carbocycles. The molecule has 2 aromatic rings. The normalized spacial score (nSPS) is 15.5. The molecule has 0 unspecified atom stereocenters.